The quantitative estimate of drug-likeness (QED) is 0.788. The second-order valence-electron chi connectivity index (χ2n) is 6.20. The summed E-state index contributed by atoms with van der Waals surface area (Å²) in [5.41, 5.74) is 2.94. The van der Waals surface area contributed by atoms with Gasteiger partial charge in [0.05, 0.1) is 5.69 Å². The van der Waals surface area contributed by atoms with Crippen LogP contribution in [0.2, 0.25) is 5.02 Å². The van der Waals surface area contributed by atoms with E-state index in [1.807, 2.05) is 24.3 Å². The zero-order chi connectivity index (χ0) is 15.8. The van der Waals surface area contributed by atoms with E-state index in [0.29, 0.717) is 12.0 Å². The summed E-state index contributed by atoms with van der Waals surface area (Å²) in [6.45, 7) is 0.278. The van der Waals surface area contributed by atoms with Crippen molar-refractivity contribution in [2.45, 2.75) is 25.3 Å². The normalized spacial score (nSPS) is 21.1. The van der Waals surface area contributed by atoms with E-state index in [1.54, 1.807) is 6.33 Å². The van der Waals surface area contributed by atoms with Gasteiger partial charge in [0.1, 0.15) is 12.0 Å². The fourth-order valence-electron chi connectivity index (χ4n) is 3.57. The molecule has 1 aliphatic rings. The summed E-state index contributed by atoms with van der Waals surface area (Å²) in [5, 5.41) is 11.1. The molecule has 4 rings (SSSR count). The molecule has 2 aromatic heterocycles. The molecule has 3 aromatic rings. The summed E-state index contributed by atoms with van der Waals surface area (Å²) in [4.78, 5) is 8.97. The third-order valence-corrected chi connectivity index (χ3v) is 5.04. The first kappa shape index (κ1) is 14.7. The largest absolute Gasteiger partial charge is 0.396 e. The number of aliphatic hydroxyl groups is 1. The average molecular weight is 328 g/mol. The van der Waals surface area contributed by atoms with Crippen LogP contribution >= 0.6 is 11.6 Å². The van der Waals surface area contributed by atoms with Crippen LogP contribution in [0.4, 0.5) is 0 Å². The molecule has 1 aromatic carbocycles. The minimum Gasteiger partial charge on any atom is -0.396 e. The molecule has 2 unspecified atom stereocenters. The predicted molar refractivity (Wildman–Crippen MR) is 91.4 cm³/mol. The Hall–Kier alpha value is -1.91. The first-order valence-electron chi connectivity index (χ1n) is 7.94. The molecule has 23 heavy (non-hydrogen) atoms. The molecule has 1 aliphatic carbocycles. The number of rotatable bonds is 3. The lowest BCUT2D eigenvalue weighted by molar-refractivity contribution is 0.226. The van der Waals surface area contributed by atoms with E-state index in [2.05, 4.69) is 26.8 Å². The van der Waals surface area contributed by atoms with Gasteiger partial charge < -0.3 is 9.67 Å². The van der Waals surface area contributed by atoms with E-state index in [-0.39, 0.29) is 6.61 Å². The Morgan fingerprint density at radius 1 is 1.13 bits per heavy atom. The third-order valence-electron chi connectivity index (χ3n) is 4.79. The van der Waals surface area contributed by atoms with Crippen molar-refractivity contribution in [3.8, 4) is 11.3 Å². The van der Waals surface area contributed by atoms with Crippen LogP contribution in [0.15, 0.2) is 42.9 Å². The van der Waals surface area contributed by atoms with Crippen LogP contribution in [-0.4, -0.2) is 26.2 Å². The molecule has 0 radical (unpaired) electrons. The van der Waals surface area contributed by atoms with Crippen molar-refractivity contribution in [1.82, 2.24) is 14.5 Å². The third kappa shape index (κ3) is 2.62. The Morgan fingerprint density at radius 3 is 2.70 bits per heavy atom. The highest BCUT2D eigenvalue weighted by Crippen LogP contribution is 2.37. The summed E-state index contributed by atoms with van der Waals surface area (Å²) in [5.74, 6) is 0.412. The first-order valence-corrected chi connectivity index (χ1v) is 8.32. The molecular formula is C18H18ClN3O. The zero-order valence-electron chi connectivity index (χ0n) is 12.7. The van der Waals surface area contributed by atoms with Crippen molar-refractivity contribution in [3.05, 3.63) is 47.9 Å². The van der Waals surface area contributed by atoms with Crippen LogP contribution in [0.25, 0.3) is 22.3 Å². The van der Waals surface area contributed by atoms with Crippen molar-refractivity contribution in [2.24, 2.45) is 5.92 Å². The maximum Gasteiger partial charge on any atom is 0.144 e. The van der Waals surface area contributed by atoms with E-state index in [0.717, 1.165) is 46.6 Å². The summed E-state index contributed by atoms with van der Waals surface area (Å²) < 4.78 is 2.24. The molecule has 1 N–H and O–H groups in total. The average Bonchev–Trinajstić information content (AvgIpc) is 3.21. The topological polar surface area (TPSA) is 50.9 Å². The van der Waals surface area contributed by atoms with E-state index < -0.39 is 0 Å². The number of benzene rings is 1. The first-order chi connectivity index (χ1) is 11.3. The molecule has 0 bridgehead atoms. The Bertz CT molecular complexity index is 828. The number of fused-ring (bicyclic) bond motifs is 1. The highest BCUT2D eigenvalue weighted by Gasteiger charge is 2.26. The molecule has 2 heterocycles. The van der Waals surface area contributed by atoms with Gasteiger partial charge in [0.15, 0.2) is 0 Å². The zero-order valence-corrected chi connectivity index (χ0v) is 13.4. The molecule has 5 heteroatoms. The van der Waals surface area contributed by atoms with Gasteiger partial charge in [0.2, 0.25) is 0 Å². The molecule has 1 fully saturated rings. The highest BCUT2D eigenvalue weighted by molar-refractivity contribution is 6.30. The minimum atomic E-state index is 0.278. The van der Waals surface area contributed by atoms with Gasteiger partial charge in [-0.05, 0) is 43.4 Å². The van der Waals surface area contributed by atoms with Gasteiger partial charge in [-0.25, -0.2) is 9.97 Å². The van der Waals surface area contributed by atoms with Gasteiger partial charge in [-0.1, -0.05) is 23.7 Å². The summed E-state index contributed by atoms with van der Waals surface area (Å²) >= 11 is 5.98. The van der Waals surface area contributed by atoms with Crippen LogP contribution in [-0.2, 0) is 0 Å². The van der Waals surface area contributed by atoms with Gasteiger partial charge in [-0.2, -0.15) is 0 Å². The van der Waals surface area contributed by atoms with Crippen molar-refractivity contribution in [2.75, 3.05) is 6.61 Å². The van der Waals surface area contributed by atoms with Crippen molar-refractivity contribution in [3.63, 3.8) is 0 Å². The van der Waals surface area contributed by atoms with Crippen molar-refractivity contribution in [1.29, 1.82) is 0 Å². The van der Waals surface area contributed by atoms with Crippen LogP contribution in [0.1, 0.15) is 25.3 Å². The molecule has 0 amide bonds. The maximum absolute atomic E-state index is 9.36. The van der Waals surface area contributed by atoms with Gasteiger partial charge in [-0.3, -0.25) is 0 Å². The van der Waals surface area contributed by atoms with E-state index in [9.17, 15) is 5.11 Å². The smallest absolute Gasteiger partial charge is 0.144 e. The summed E-state index contributed by atoms with van der Waals surface area (Å²) in [7, 11) is 0. The Labute approximate surface area is 139 Å². The van der Waals surface area contributed by atoms with Crippen LogP contribution in [0.3, 0.4) is 0 Å². The Kier molecular flexibility index (Phi) is 3.79. The van der Waals surface area contributed by atoms with Gasteiger partial charge in [0.25, 0.3) is 0 Å². The van der Waals surface area contributed by atoms with Crippen molar-refractivity contribution < 1.29 is 5.11 Å². The molecule has 2 atom stereocenters. The molecule has 118 valence electrons. The lowest BCUT2D eigenvalue weighted by Gasteiger charge is -2.13. The molecule has 1 saturated carbocycles. The number of halogens is 1. The van der Waals surface area contributed by atoms with Crippen molar-refractivity contribution >= 4 is 22.6 Å². The Balaban J connectivity index is 1.76. The number of aliphatic hydroxyl groups excluding tert-OH is 1. The predicted octanol–water partition coefficient (Wildman–Crippen LogP) is 4.09. The highest BCUT2D eigenvalue weighted by atomic mass is 35.5. The van der Waals surface area contributed by atoms with Gasteiger partial charge in [0, 0.05) is 34.8 Å². The minimum absolute atomic E-state index is 0.278. The summed E-state index contributed by atoms with van der Waals surface area (Å²) in [6.07, 6.45) is 6.91. The number of aromatic nitrogens is 3. The SMILES string of the molecule is OCC1CCC(n2ccc3c(-c4ccc(Cl)cc4)ncnc32)C1. The number of hydrogen-bond acceptors (Lipinski definition) is 3. The lowest BCUT2D eigenvalue weighted by Crippen LogP contribution is -2.06. The molecule has 0 spiro atoms. The Morgan fingerprint density at radius 2 is 1.96 bits per heavy atom. The standard InChI is InChI=1S/C18H18ClN3O/c19-14-4-2-13(3-5-14)17-16-7-8-22(18(16)21-11-20-17)15-6-1-12(9-15)10-23/h2-5,7-8,11-12,15,23H,1,6,9-10H2. The van der Waals surface area contributed by atoms with E-state index >= 15 is 0 Å². The fraction of sp³-hybridized carbons (Fsp3) is 0.333. The fourth-order valence-corrected chi connectivity index (χ4v) is 3.70. The van der Waals surface area contributed by atoms with Gasteiger partial charge in [-0.15, -0.1) is 0 Å². The van der Waals surface area contributed by atoms with E-state index in [1.165, 1.54) is 0 Å². The van der Waals surface area contributed by atoms with Gasteiger partial charge >= 0.3 is 0 Å². The molecular weight excluding hydrogens is 310 g/mol. The molecule has 4 nitrogen and oxygen atoms in total. The summed E-state index contributed by atoms with van der Waals surface area (Å²) in [6, 6.07) is 10.2. The van der Waals surface area contributed by atoms with Crippen LogP contribution in [0.5, 0.6) is 0 Å². The van der Waals surface area contributed by atoms with E-state index in [4.69, 9.17) is 11.6 Å². The second kappa shape index (κ2) is 5.95. The number of nitrogens with zero attached hydrogens (tertiary/aromatic N) is 3. The maximum atomic E-state index is 9.36. The second-order valence-corrected chi connectivity index (χ2v) is 6.64. The molecule has 0 saturated heterocycles. The lowest BCUT2D eigenvalue weighted by atomic mass is 10.1. The number of hydrogen-bond donors (Lipinski definition) is 1. The monoisotopic (exact) mass is 327 g/mol. The molecule has 0 aliphatic heterocycles. The van der Waals surface area contributed by atoms with Crippen LogP contribution < -0.4 is 0 Å². The van der Waals surface area contributed by atoms with Crippen LogP contribution in [0, 0.1) is 5.92 Å².